The van der Waals surface area contributed by atoms with Gasteiger partial charge in [-0.15, -0.1) is 0 Å². The summed E-state index contributed by atoms with van der Waals surface area (Å²) in [5.74, 6) is 1.07. The van der Waals surface area contributed by atoms with Gasteiger partial charge in [0.1, 0.15) is 0 Å². The number of aryl methyl sites for hydroxylation is 1. The van der Waals surface area contributed by atoms with E-state index in [0.29, 0.717) is 11.8 Å². The molecule has 2 aliphatic rings. The molecule has 0 bridgehead atoms. The van der Waals surface area contributed by atoms with Gasteiger partial charge in [-0.05, 0) is 109 Å². The molecule has 1 aliphatic carbocycles. The van der Waals surface area contributed by atoms with Gasteiger partial charge in [0.05, 0.1) is 0 Å². The zero-order valence-electron chi connectivity index (χ0n) is 28.2. The number of allylic oxidation sites excluding steroid dienone is 11. The minimum Gasteiger partial charge on any atom is -0.366 e. The van der Waals surface area contributed by atoms with Gasteiger partial charge in [0.25, 0.3) is 0 Å². The normalized spacial score (nSPS) is 18.2. The molecule has 1 heterocycles. The minimum absolute atomic E-state index is 0. The molecule has 41 heavy (non-hydrogen) atoms. The van der Waals surface area contributed by atoms with Crippen LogP contribution in [-0.4, -0.2) is 11.4 Å². The average Bonchev–Trinajstić information content (AvgIpc) is 3.21. The van der Waals surface area contributed by atoms with E-state index in [2.05, 4.69) is 116 Å². The van der Waals surface area contributed by atoms with E-state index in [9.17, 15) is 0 Å². The Morgan fingerprint density at radius 1 is 1.05 bits per heavy atom. The van der Waals surface area contributed by atoms with E-state index < -0.39 is 0 Å². The smallest absolute Gasteiger partial charge is 0.0438 e. The number of rotatable bonds is 12. The summed E-state index contributed by atoms with van der Waals surface area (Å²) >= 11 is 0. The van der Waals surface area contributed by atoms with Gasteiger partial charge in [-0.2, -0.15) is 0 Å². The van der Waals surface area contributed by atoms with Crippen molar-refractivity contribution in [3.8, 4) is 0 Å². The molecule has 1 nitrogen and oxygen atoms in total. The minimum atomic E-state index is 0. The molecule has 1 aliphatic heterocycles. The fourth-order valence-electron chi connectivity index (χ4n) is 6.40. The zero-order valence-corrected chi connectivity index (χ0v) is 28.2. The molecule has 0 N–H and O–H groups in total. The molecule has 0 spiro atoms. The van der Waals surface area contributed by atoms with Crippen LogP contribution >= 0.6 is 0 Å². The lowest BCUT2D eigenvalue weighted by atomic mass is 9.87. The van der Waals surface area contributed by atoms with Gasteiger partial charge in [0.15, 0.2) is 0 Å². The maximum atomic E-state index is 4.26. The molecule has 1 aromatic carbocycles. The SMILES string of the molecule is C=C/C(=C\C(C)CC)C1=C2C(=CC(C)=CC1)N(Cc1c(/C(C=C)=C/CCC)cc(C)c(CC)c1C)CC2CC.CC.[HH]. The third-order valence-electron chi connectivity index (χ3n) is 8.91. The molecule has 0 saturated carbocycles. The Labute approximate surface area is 255 Å². The predicted octanol–water partition coefficient (Wildman–Crippen LogP) is 12.0. The molecular weight excluding hydrogens is 494 g/mol. The molecule has 2 atom stereocenters. The van der Waals surface area contributed by atoms with Gasteiger partial charge in [-0.25, -0.2) is 0 Å². The second-order valence-electron chi connectivity index (χ2n) is 11.6. The number of hydrogen-bond acceptors (Lipinski definition) is 1. The van der Waals surface area contributed by atoms with Gasteiger partial charge in [0, 0.05) is 26.1 Å². The van der Waals surface area contributed by atoms with E-state index in [1.807, 2.05) is 13.8 Å². The Hall–Kier alpha value is -2.80. The van der Waals surface area contributed by atoms with Crippen LogP contribution in [0.5, 0.6) is 0 Å². The standard InChI is InChI=1S/C38H53N.C2H6.H2/c1-11-17-18-30(13-3)35-23-28(9)33(16-6)29(10)36(35)25-39-24-32(15-5)38-34(20-19-27(8)22-37(38)39)31(14-4)21-26(7)12-2;1-2;/h13-14,18-19,21-23,26,32H,3-4,11-12,15-17,20,24-25H2,1-2,5-10H3;1-2H3;1H/b30-18+,31-21+;;. The van der Waals surface area contributed by atoms with E-state index in [-0.39, 0.29) is 1.43 Å². The number of likely N-dealkylation sites (tertiary alicyclic amines) is 1. The topological polar surface area (TPSA) is 3.24 Å². The van der Waals surface area contributed by atoms with Crippen molar-refractivity contribution in [1.82, 2.24) is 4.90 Å². The lowest BCUT2D eigenvalue weighted by Crippen LogP contribution is -2.21. The molecule has 1 fully saturated rings. The molecule has 2 unspecified atom stereocenters. The summed E-state index contributed by atoms with van der Waals surface area (Å²) < 4.78 is 0. The van der Waals surface area contributed by atoms with Crippen molar-refractivity contribution in [3.63, 3.8) is 0 Å². The fraction of sp³-hybridized carbons (Fsp3) is 0.500. The molecule has 1 heteroatoms. The summed E-state index contributed by atoms with van der Waals surface area (Å²) in [5, 5.41) is 0. The van der Waals surface area contributed by atoms with Crippen molar-refractivity contribution in [3.05, 3.63) is 111 Å². The first-order valence-electron chi connectivity index (χ1n) is 16.4. The second-order valence-corrected chi connectivity index (χ2v) is 11.6. The average molecular weight is 556 g/mol. The Morgan fingerprint density at radius 3 is 2.29 bits per heavy atom. The molecule has 1 aromatic rings. The first-order valence-corrected chi connectivity index (χ1v) is 16.4. The van der Waals surface area contributed by atoms with Crippen LogP contribution in [0.25, 0.3) is 5.57 Å². The quantitative estimate of drug-likeness (QED) is 0.232. The van der Waals surface area contributed by atoms with Crippen LogP contribution in [0.1, 0.15) is 117 Å². The lowest BCUT2D eigenvalue weighted by molar-refractivity contribution is 0.354. The Morgan fingerprint density at radius 2 is 1.73 bits per heavy atom. The summed E-state index contributed by atoms with van der Waals surface area (Å²) in [6.07, 6.45) is 20.4. The van der Waals surface area contributed by atoms with E-state index in [4.69, 9.17) is 0 Å². The number of benzene rings is 1. The maximum Gasteiger partial charge on any atom is 0.0438 e. The summed E-state index contributed by atoms with van der Waals surface area (Å²) in [5.41, 5.74) is 15.6. The number of nitrogens with zero attached hydrogens (tertiary/aromatic N) is 1. The molecule has 0 amide bonds. The highest BCUT2D eigenvalue weighted by Gasteiger charge is 2.35. The third-order valence-corrected chi connectivity index (χ3v) is 8.91. The molecule has 1 saturated heterocycles. The molecular formula is C40H61N. The second kappa shape index (κ2) is 16.6. The highest BCUT2D eigenvalue weighted by atomic mass is 15.2. The van der Waals surface area contributed by atoms with Crippen molar-refractivity contribution in [2.24, 2.45) is 11.8 Å². The first kappa shape index (κ1) is 34.4. The van der Waals surface area contributed by atoms with E-state index >= 15 is 0 Å². The Kier molecular flexibility index (Phi) is 13.9. The summed E-state index contributed by atoms with van der Waals surface area (Å²) in [6, 6.07) is 2.43. The number of unbranched alkanes of at least 4 members (excludes halogenated alkanes) is 1. The van der Waals surface area contributed by atoms with E-state index in [0.717, 1.165) is 51.6 Å². The number of hydrogen-bond donors (Lipinski definition) is 0. The van der Waals surface area contributed by atoms with E-state index in [1.54, 1.807) is 5.57 Å². The van der Waals surface area contributed by atoms with Crippen molar-refractivity contribution in [1.29, 1.82) is 0 Å². The third kappa shape index (κ3) is 7.94. The molecule has 0 radical (unpaired) electrons. The van der Waals surface area contributed by atoms with Crippen LogP contribution in [0.4, 0.5) is 0 Å². The van der Waals surface area contributed by atoms with Gasteiger partial charge in [0.2, 0.25) is 0 Å². The van der Waals surface area contributed by atoms with Crippen molar-refractivity contribution >= 4 is 5.57 Å². The van der Waals surface area contributed by atoms with Crippen LogP contribution in [0.2, 0.25) is 0 Å². The van der Waals surface area contributed by atoms with Crippen molar-refractivity contribution in [2.45, 2.75) is 114 Å². The zero-order chi connectivity index (χ0) is 30.7. The highest BCUT2D eigenvalue weighted by Crippen LogP contribution is 2.44. The largest absolute Gasteiger partial charge is 0.366 e. The summed E-state index contributed by atoms with van der Waals surface area (Å²) in [4.78, 5) is 2.68. The van der Waals surface area contributed by atoms with Gasteiger partial charge < -0.3 is 4.90 Å². The Bertz CT molecular complexity index is 1230. The molecule has 226 valence electrons. The monoisotopic (exact) mass is 555 g/mol. The fourth-order valence-corrected chi connectivity index (χ4v) is 6.40. The number of fused-ring (bicyclic) bond motifs is 1. The van der Waals surface area contributed by atoms with Crippen molar-refractivity contribution in [2.75, 3.05) is 6.54 Å². The molecule has 0 aromatic heterocycles. The highest BCUT2D eigenvalue weighted by molar-refractivity contribution is 5.77. The van der Waals surface area contributed by atoms with Gasteiger partial charge >= 0.3 is 0 Å². The van der Waals surface area contributed by atoms with Crippen LogP contribution in [0.3, 0.4) is 0 Å². The first-order chi connectivity index (χ1) is 19.7. The van der Waals surface area contributed by atoms with Crippen LogP contribution in [0.15, 0.2) is 83.7 Å². The molecule has 3 rings (SSSR count). The summed E-state index contributed by atoms with van der Waals surface area (Å²) in [7, 11) is 0. The maximum absolute atomic E-state index is 4.26. The van der Waals surface area contributed by atoms with Gasteiger partial charge in [-0.1, -0.05) is 116 Å². The Balaban J connectivity index is 0.00000288. The van der Waals surface area contributed by atoms with Crippen LogP contribution < -0.4 is 0 Å². The van der Waals surface area contributed by atoms with Crippen LogP contribution in [0, 0.1) is 25.7 Å². The predicted molar refractivity (Wildman–Crippen MR) is 187 cm³/mol. The van der Waals surface area contributed by atoms with Crippen molar-refractivity contribution < 1.29 is 1.43 Å². The van der Waals surface area contributed by atoms with Crippen LogP contribution in [-0.2, 0) is 13.0 Å². The lowest BCUT2D eigenvalue weighted by Gasteiger charge is -2.26. The van der Waals surface area contributed by atoms with E-state index in [1.165, 1.54) is 55.8 Å². The summed E-state index contributed by atoms with van der Waals surface area (Å²) in [6.45, 7) is 32.8. The van der Waals surface area contributed by atoms with Gasteiger partial charge in [-0.3, -0.25) is 0 Å².